The zero-order valence-corrected chi connectivity index (χ0v) is 12.2. The van der Waals surface area contributed by atoms with Crippen molar-refractivity contribution < 1.29 is 4.74 Å². The standard InChI is InChI=1S/C15H24ClNO/c1-3-5-6-10-18-15(12-17-4-2)13-8-7-9-14(16)11-13/h7-9,11,15,17H,3-6,10,12H2,1-2H3. The zero-order chi connectivity index (χ0) is 13.2. The van der Waals surface area contributed by atoms with Gasteiger partial charge in [0.1, 0.15) is 0 Å². The van der Waals surface area contributed by atoms with Crippen molar-refractivity contribution in [2.45, 2.75) is 39.2 Å². The summed E-state index contributed by atoms with van der Waals surface area (Å²) in [7, 11) is 0. The molecule has 0 aliphatic heterocycles. The van der Waals surface area contributed by atoms with Crippen LogP contribution in [0, 0.1) is 0 Å². The smallest absolute Gasteiger partial charge is 0.0949 e. The van der Waals surface area contributed by atoms with E-state index in [0.717, 1.165) is 36.7 Å². The fraction of sp³-hybridized carbons (Fsp3) is 0.600. The van der Waals surface area contributed by atoms with Crippen molar-refractivity contribution in [1.29, 1.82) is 0 Å². The summed E-state index contributed by atoms with van der Waals surface area (Å²) >= 11 is 6.03. The lowest BCUT2D eigenvalue weighted by Crippen LogP contribution is -2.23. The van der Waals surface area contributed by atoms with Crippen molar-refractivity contribution in [2.75, 3.05) is 19.7 Å². The van der Waals surface area contributed by atoms with Crippen LogP contribution in [0.25, 0.3) is 0 Å². The van der Waals surface area contributed by atoms with E-state index in [1.165, 1.54) is 12.8 Å². The molecule has 0 aromatic heterocycles. The lowest BCUT2D eigenvalue weighted by Gasteiger charge is -2.19. The van der Waals surface area contributed by atoms with Crippen molar-refractivity contribution in [3.8, 4) is 0 Å². The summed E-state index contributed by atoms with van der Waals surface area (Å²) in [6, 6.07) is 7.94. The summed E-state index contributed by atoms with van der Waals surface area (Å²) in [6.07, 6.45) is 3.67. The van der Waals surface area contributed by atoms with Gasteiger partial charge in [-0.3, -0.25) is 0 Å². The lowest BCUT2D eigenvalue weighted by molar-refractivity contribution is 0.0504. The largest absolute Gasteiger partial charge is 0.372 e. The summed E-state index contributed by atoms with van der Waals surface area (Å²) in [6.45, 7) is 6.91. The molecule has 1 rings (SSSR count). The van der Waals surface area contributed by atoms with Crippen molar-refractivity contribution in [3.05, 3.63) is 34.9 Å². The molecule has 0 amide bonds. The van der Waals surface area contributed by atoms with Crippen LogP contribution in [-0.2, 0) is 4.74 Å². The number of benzene rings is 1. The molecule has 0 aliphatic carbocycles. The first-order valence-electron chi connectivity index (χ1n) is 6.85. The highest BCUT2D eigenvalue weighted by Crippen LogP contribution is 2.21. The molecule has 0 heterocycles. The highest BCUT2D eigenvalue weighted by Gasteiger charge is 2.11. The topological polar surface area (TPSA) is 21.3 Å². The molecule has 0 saturated carbocycles. The molecule has 0 saturated heterocycles. The number of nitrogens with one attached hydrogen (secondary N) is 1. The van der Waals surface area contributed by atoms with Crippen molar-refractivity contribution in [2.24, 2.45) is 0 Å². The minimum Gasteiger partial charge on any atom is -0.372 e. The van der Waals surface area contributed by atoms with Gasteiger partial charge in [0.15, 0.2) is 0 Å². The molecule has 1 aromatic rings. The predicted molar refractivity (Wildman–Crippen MR) is 78.2 cm³/mol. The highest BCUT2D eigenvalue weighted by atomic mass is 35.5. The minimum atomic E-state index is 0.0977. The van der Waals surface area contributed by atoms with Crippen LogP contribution < -0.4 is 5.32 Å². The average molecular weight is 270 g/mol. The maximum Gasteiger partial charge on any atom is 0.0949 e. The number of rotatable bonds is 9. The van der Waals surface area contributed by atoms with E-state index in [4.69, 9.17) is 16.3 Å². The predicted octanol–water partition coefficient (Wildman–Crippen LogP) is 4.20. The lowest BCUT2D eigenvalue weighted by atomic mass is 10.1. The number of hydrogen-bond donors (Lipinski definition) is 1. The molecule has 0 radical (unpaired) electrons. The van der Waals surface area contributed by atoms with Gasteiger partial charge in [0.25, 0.3) is 0 Å². The third kappa shape index (κ3) is 5.85. The van der Waals surface area contributed by atoms with E-state index in [1.807, 2.05) is 18.2 Å². The quantitative estimate of drug-likeness (QED) is 0.679. The van der Waals surface area contributed by atoms with Crippen LogP contribution in [0.4, 0.5) is 0 Å². The third-order valence-corrected chi connectivity index (χ3v) is 3.10. The van der Waals surface area contributed by atoms with Gasteiger partial charge in [0.2, 0.25) is 0 Å². The summed E-state index contributed by atoms with van der Waals surface area (Å²) in [5.74, 6) is 0. The van der Waals surface area contributed by atoms with E-state index < -0.39 is 0 Å². The molecule has 2 nitrogen and oxygen atoms in total. The Labute approximate surface area is 116 Å². The van der Waals surface area contributed by atoms with E-state index in [1.54, 1.807) is 0 Å². The molecule has 0 spiro atoms. The van der Waals surface area contributed by atoms with Crippen LogP contribution in [0.15, 0.2) is 24.3 Å². The van der Waals surface area contributed by atoms with Crippen LogP contribution in [-0.4, -0.2) is 19.7 Å². The number of halogens is 1. The first-order chi connectivity index (χ1) is 8.77. The average Bonchev–Trinajstić information content (AvgIpc) is 2.38. The van der Waals surface area contributed by atoms with Crippen LogP contribution >= 0.6 is 11.6 Å². The zero-order valence-electron chi connectivity index (χ0n) is 11.4. The molecular formula is C15H24ClNO. The molecule has 1 unspecified atom stereocenters. The minimum absolute atomic E-state index is 0.0977. The summed E-state index contributed by atoms with van der Waals surface area (Å²) in [4.78, 5) is 0. The Hall–Kier alpha value is -0.570. The Kier molecular flexibility index (Phi) is 8.06. The van der Waals surface area contributed by atoms with E-state index in [2.05, 4.69) is 25.2 Å². The van der Waals surface area contributed by atoms with Crippen LogP contribution in [0.3, 0.4) is 0 Å². The first kappa shape index (κ1) is 15.5. The third-order valence-electron chi connectivity index (χ3n) is 2.87. The first-order valence-corrected chi connectivity index (χ1v) is 7.23. The van der Waals surface area contributed by atoms with Gasteiger partial charge < -0.3 is 10.1 Å². The molecule has 0 fully saturated rings. The normalized spacial score (nSPS) is 12.6. The maximum atomic E-state index is 6.03. The molecule has 1 aromatic carbocycles. The Morgan fingerprint density at radius 3 is 2.78 bits per heavy atom. The summed E-state index contributed by atoms with van der Waals surface area (Å²) < 4.78 is 5.97. The Bertz CT molecular complexity index is 330. The highest BCUT2D eigenvalue weighted by molar-refractivity contribution is 6.30. The summed E-state index contributed by atoms with van der Waals surface area (Å²) in [5.41, 5.74) is 1.15. The van der Waals surface area contributed by atoms with Crippen molar-refractivity contribution >= 4 is 11.6 Å². The molecular weight excluding hydrogens is 246 g/mol. The molecule has 102 valence electrons. The van der Waals surface area contributed by atoms with Gasteiger partial charge in [0, 0.05) is 18.2 Å². The van der Waals surface area contributed by atoms with Crippen LogP contribution in [0.1, 0.15) is 44.8 Å². The molecule has 18 heavy (non-hydrogen) atoms. The van der Waals surface area contributed by atoms with Gasteiger partial charge in [-0.15, -0.1) is 0 Å². The van der Waals surface area contributed by atoms with Gasteiger partial charge >= 0.3 is 0 Å². The summed E-state index contributed by atoms with van der Waals surface area (Å²) in [5, 5.41) is 4.11. The second-order valence-corrected chi connectivity index (χ2v) is 4.87. The van der Waals surface area contributed by atoms with Gasteiger partial charge in [-0.2, -0.15) is 0 Å². The number of ether oxygens (including phenoxy) is 1. The fourth-order valence-corrected chi connectivity index (χ4v) is 2.03. The van der Waals surface area contributed by atoms with E-state index in [-0.39, 0.29) is 6.10 Å². The molecule has 0 bridgehead atoms. The van der Waals surface area contributed by atoms with Crippen molar-refractivity contribution in [1.82, 2.24) is 5.32 Å². The number of unbranched alkanes of at least 4 members (excludes halogenated alkanes) is 2. The fourth-order valence-electron chi connectivity index (χ4n) is 1.83. The Morgan fingerprint density at radius 2 is 2.11 bits per heavy atom. The molecule has 0 aliphatic rings. The van der Waals surface area contributed by atoms with Crippen LogP contribution in [0.2, 0.25) is 5.02 Å². The Morgan fingerprint density at radius 1 is 1.28 bits per heavy atom. The Balaban J connectivity index is 2.54. The number of hydrogen-bond acceptors (Lipinski definition) is 2. The van der Waals surface area contributed by atoms with E-state index in [9.17, 15) is 0 Å². The van der Waals surface area contributed by atoms with E-state index in [0.29, 0.717) is 0 Å². The maximum absolute atomic E-state index is 6.03. The molecule has 1 atom stereocenters. The van der Waals surface area contributed by atoms with Gasteiger partial charge in [-0.25, -0.2) is 0 Å². The second kappa shape index (κ2) is 9.37. The van der Waals surface area contributed by atoms with Crippen molar-refractivity contribution in [3.63, 3.8) is 0 Å². The molecule has 3 heteroatoms. The SMILES string of the molecule is CCCCCOC(CNCC)c1cccc(Cl)c1. The molecule has 1 N–H and O–H groups in total. The number of likely N-dealkylation sites (N-methyl/N-ethyl adjacent to an activating group) is 1. The van der Waals surface area contributed by atoms with E-state index >= 15 is 0 Å². The second-order valence-electron chi connectivity index (χ2n) is 4.43. The monoisotopic (exact) mass is 269 g/mol. The van der Waals surface area contributed by atoms with Crippen LogP contribution in [0.5, 0.6) is 0 Å². The van der Waals surface area contributed by atoms with Gasteiger partial charge in [-0.1, -0.05) is 50.4 Å². The van der Waals surface area contributed by atoms with Gasteiger partial charge in [-0.05, 0) is 30.7 Å². The van der Waals surface area contributed by atoms with Gasteiger partial charge in [0.05, 0.1) is 6.10 Å².